The molecule has 6 rings (SSSR count). The van der Waals surface area contributed by atoms with Crippen LogP contribution in [0.4, 0.5) is 15.8 Å². The van der Waals surface area contributed by atoms with E-state index in [0.717, 1.165) is 42.7 Å². The van der Waals surface area contributed by atoms with Gasteiger partial charge >= 0.3 is 6.01 Å². The van der Waals surface area contributed by atoms with E-state index in [1.807, 2.05) is 13.0 Å². The molecule has 2 fully saturated rings. The predicted octanol–water partition coefficient (Wildman–Crippen LogP) is 3.95. The van der Waals surface area contributed by atoms with E-state index in [1.165, 1.54) is 26.0 Å². The maximum atomic E-state index is 14.7. The number of hydrogen-bond donors (Lipinski definition) is 2. The summed E-state index contributed by atoms with van der Waals surface area (Å²) in [6.07, 6.45) is 6.43. The van der Waals surface area contributed by atoms with Crippen LogP contribution in [0.2, 0.25) is 0 Å². The molecule has 2 aromatic heterocycles. The summed E-state index contributed by atoms with van der Waals surface area (Å²) in [7, 11) is 3.26. The van der Waals surface area contributed by atoms with Gasteiger partial charge in [0.15, 0.2) is 5.82 Å². The Hall–Kier alpha value is -3.79. The van der Waals surface area contributed by atoms with Crippen LogP contribution in [0.1, 0.15) is 41.7 Å². The van der Waals surface area contributed by atoms with E-state index in [1.54, 1.807) is 30.1 Å². The lowest BCUT2D eigenvalue weighted by atomic mass is 10.0. The molecule has 2 N–H and O–H groups in total. The van der Waals surface area contributed by atoms with Gasteiger partial charge < -0.3 is 20.3 Å². The van der Waals surface area contributed by atoms with E-state index < -0.39 is 5.82 Å². The van der Waals surface area contributed by atoms with Crippen molar-refractivity contribution >= 4 is 39.1 Å². The molecule has 2 aromatic carbocycles. The molecule has 2 aliphatic rings. The van der Waals surface area contributed by atoms with Gasteiger partial charge in [0.1, 0.15) is 5.52 Å². The molecular formula is C27H30FN7O2. The van der Waals surface area contributed by atoms with E-state index in [4.69, 9.17) is 4.74 Å². The Kier molecular flexibility index (Phi) is 5.91. The number of piperidine rings is 1. The topological polar surface area (TPSA) is 97.2 Å². The highest BCUT2D eigenvalue weighted by atomic mass is 19.1. The molecule has 10 heteroatoms. The first-order valence-corrected chi connectivity index (χ1v) is 12.7. The standard InChI is InChI=1S/C27H30FN7O2/c1-15-20-12-18(13-22(28)25(20)33-34(15)2)31-26(36)19-6-7-23(21-14-29-27(37-3)32-24(19)21)35-10-8-17(9-11-35)30-16-4-5-16/h6-7,12-14,16-17,30H,4-5,8-11H2,1-3H3,(H,31,36). The Morgan fingerprint density at radius 2 is 1.84 bits per heavy atom. The van der Waals surface area contributed by atoms with E-state index in [-0.39, 0.29) is 17.4 Å². The number of amides is 1. The minimum Gasteiger partial charge on any atom is -0.467 e. The SMILES string of the molecule is COc1ncc2c(N3CCC(NC4CC4)CC3)ccc(C(=O)Nc3cc(F)c4nn(C)c(C)c4c3)c2n1. The summed E-state index contributed by atoms with van der Waals surface area (Å²) in [5.74, 6) is -0.870. The lowest BCUT2D eigenvalue weighted by molar-refractivity contribution is 0.102. The number of carbonyl (C=O) groups is 1. The van der Waals surface area contributed by atoms with Gasteiger partial charge in [-0.2, -0.15) is 10.1 Å². The van der Waals surface area contributed by atoms with E-state index in [9.17, 15) is 9.18 Å². The van der Waals surface area contributed by atoms with Crippen LogP contribution in [-0.4, -0.2) is 57.9 Å². The number of carbonyl (C=O) groups excluding carboxylic acids is 1. The van der Waals surface area contributed by atoms with Gasteiger partial charge in [0.05, 0.1) is 18.2 Å². The fraction of sp³-hybridized carbons (Fsp3) is 0.407. The van der Waals surface area contributed by atoms with Crippen molar-refractivity contribution in [3.63, 3.8) is 0 Å². The Morgan fingerprint density at radius 3 is 2.57 bits per heavy atom. The van der Waals surface area contributed by atoms with Crippen molar-refractivity contribution in [3.8, 4) is 6.01 Å². The van der Waals surface area contributed by atoms with Gasteiger partial charge in [-0.3, -0.25) is 9.48 Å². The van der Waals surface area contributed by atoms with Crippen LogP contribution in [-0.2, 0) is 7.05 Å². The molecule has 3 heterocycles. The summed E-state index contributed by atoms with van der Waals surface area (Å²) in [5.41, 5.74) is 3.31. The number of ether oxygens (including phenoxy) is 1. The summed E-state index contributed by atoms with van der Waals surface area (Å²) < 4.78 is 21.6. The Morgan fingerprint density at radius 1 is 1.08 bits per heavy atom. The Balaban J connectivity index is 1.31. The zero-order valence-corrected chi connectivity index (χ0v) is 21.2. The number of methoxy groups -OCH3 is 1. The van der Waals surface area contributed by atoms with Crippen molar-refractivity contribution in [1.82, 2.24) is 25.1 Å². The minimum atomic E-state index is -0.486. The van der Waals surface area contributed by atoms with Crippen molar-refractivity contribution in [2.45, 2.75) is 44.7 Å². The number of nitrogens with one attached hydrogen (secondary N) is 2. The van der Waals surface area contributed by atoms with Crippen LogP contribution in [0.15, 0.2) is 30.5 Å². The number of anilines is 2. The summed E-state index contributed by atoms with van der Waals surface area (Å²) >= 11 is 0. The average Bonchev–Trinajstić information content (AvgIpc) is 3.67. The summed E-state index contributed by atoms with van der Waals surface area (Å²) in [4.78, 5) is 24.6. The molecule has 9 nitrogen and oxygen atoms in total. The second-order valence-corrected chi connectivity index (χ2v) is 9.97. The first-order valence-electron chi connectivity index (χ1n) is 12.7. The van der Waals surface area contributed by atoms with Crippen molar-refractivity contribution < 1.29 is 13.9 Å². The van der Waals surface area contributed by atoms with Gasteiger partial charge in [0.2, 0.25) is 0 Å². The lowest BCUT2D eigenvalue weighted by Crippen LogP contribution is -2.43. The molecule has 0 radical (unpaired) electrons. The van der Waals surface area contributed by atoms with Crippen molar-refractivity contribution in [2.75, 3.05) is 30.4 Å². The number of fused-ring (bicyclic) bond motifs is 2. The van der Waals surface area contributed by atoms with Crippen LogP contribution in [0.3, 0.4) is 0 Å². The van der Waals surface area contributed by atoms with Gasteiger partial charge in [0, 0.05) is 66.3 Å². The van der Waals surface area contributed by atoms with E-state index in [2.05, 4.69) is 30.6 Å². The van der Waals surface area contributed by atoms with Gasteiger partial charge in [-0.05, 0) is 56.9 Å². The smallest absolute Gasteiger partial charge is 0.316 e. The maximum absolute atomic E-state index is 14.7. The highest BCUT2D eigenvalue weighted by Crippen LogP contribution is 2.32. The third-order valence-electron chi connectivity index (χ3n) is 7.46. The summed E-state index contributed by atoms with van der Waals surface area (Å²) in [6, 6.07) is 8.20. The third kappa shape index (κ3) is 4.46. The highest BCUT2D eigenvalue weighted by molar-refractivity contribution is 6.14. The molecule has 37 heavy (non-hydrogen) atoms. The zero-order valence-electron chi connectivity index (χ0n) is 21.2. The Bertz CT molecular complexity index is 1510. The van der Waals surface area contributed by atoms with Crippen LogP contribution in [0, 0.1) is 12.7 Å². The highest BCUT2D eigenvalue weighted by Gasteiger charge is 2.28. The monoisotopic (exact) mass is 503 g/mol. The molecule has 1 aliphatic carbocycles. The second kappa shape index (κ2) is 9.26. The first-order chi connectivity index (χ1) is 17.9. The molecule has 1 saturated carbocycles. The molecular weight excluding hydrogens is 473 g/mol. The predicted molar refractivity (Wildman–Crippen MR) is 141 cm³/mol. The van der Waals surface area contributed by atoms with Crippen molar-refractivity contribution in [1.29, 1.82) is 0 Å². The Labute approximate surface area is 214 Å². The van der Waals surface area contributed by atoms with Crippen molar-refractivity contribution in [2.24, 2.45) is 7.05 Å². The average molecular weight is 504 g/mol. The van der Waals surface area contributed by atoms with Gasteiger partial charge in [-0.1, -0.05) is 0 Å². The molecule has 0 atom stereocenters. The third-order valence-corrected chi connectivity index (χ3v) is 7.46. The number of rotatable bonds is 6. The fourth-order valence-corrected chi connectivity index (χ4v) is 5.16. The van der Waals surface area contributed by atoms with Crippen LogP contribution >= 0.6 is 0 Å². The molecule has 192 valence electrons. The van der Waals surface area contributed by atoms with Gasteiger partial charge in [-0.25, -0.2) is 9.37 Å². The van der Waals surface area contributed by atoms with Gasteiger partial charge in [0.25, 0.3) is 5.91 Å². The molecule has 1 amide bonds. The maximum Gasteiger partial charge on any atom is 0.316 e. The van der Waals surface area contributed by atoms with Gasteiger partial charge in [-0.15, -0.1) is 0 Å². The lowest BCUT2D eigenvalue weighted by Gasteiger charge is -2.34. The molecule has 1 aliphatic heterocycles. The summed E-state index contributed by atoms with van der Waals surface area (Å²) in [5, 5.41) is 12.2. The molecule has 4 aromatic rings. The number of aromatic nitrogens is 4. The van der Waals surface area contributed by atoms with E-state index in [0.29, 0.717) is 34.2 Å². The molecule has 0 spiro atoms. The quantitative estimate of drug-likeness (QED) is 0.411. The number of nitrogens with zero attached hydrogens (tertiary/aromatic N) is 5. The first kappa shape index (κ1) is 23.6. The van der Waals surface area contributed by atoms with Crippen molar-refractivity contribution in [3.05, 3.63) is 47.5 Å². The fourth-order valence-electron chi connectivity index (χ4n) is 5.16. The van der Waals surface area contributed by atoms with Crippen LogP contribution in [0.5, 0.6) is 6.01 Å². The molecule has 0 bridgehead atoms. The zero-order chi connectivity index (χ0) is 25.7. The van der Waals surface area contributed by atoms with Crippen LogP contribution < -0.4 is 20.3 Å². The van der Waals surface area contributed by atoms with E-state index >= 15 is 0 Å². The number of benzene rings is 2. The summed E-state index contributed by atoms with van der Waals surface area (Å²) in [6.45, 7) is 3.70. The number of aryl methyl sites for hydroxylation is 2. The number of halogens is 1. The van der Waals surface area contributed by atoms with Crippen LogP contribution in [0.25, 0.3) is 21.8 Å². The number of hydrogen-bond acceptors (Lipinski definition) is 7. The molecule has 1 saturated heterocycles. The largest absolute Gasteiger partial charge is 0.467 e. The molecule has 0 unspecified atom stereocenters. The normalized spacial score (nSPS) is 16.5. The second-order valence-electron chi connectivity index (χ2n) is 9.97. The minimum absolute atomic E-state index is 0.185.